The average molecular weight is 414 g/mol. The number of benzene rings is 1. The second-order valence-corrected chi connectivity index (χ2v) is 7.77. The van der Waals surface area contributed by atoms with Crippen molar-refractivity contribution in [2.24, 2.45) is 7.05 Å². The van der Waals surface area contributed by atoms with Crippen molar-refractivity contribution in [3.63, 3.8) is 0 Å². The van der Waals surface area contributed by atoms with Crippen LogP contribution in [0.5, 0.6) is 5.75 Å². The molecule has 1 aromatic heterocycles. The van der Waals surface area contributed by atoms with Crippen LogP contribution in [0.15, 0.2) is 36.5 Å². The van der Waals surface area contributed by atoms with Gasteiger partial charge in [-0.2, -0.15) is 0 Å². The molecule has 1 atom stereocenters. The zero-order valence-corrected chi connectivity index (χ0v) is 18.1. The van der Waals surface area contributed by atoms with E-state index in [1.807, 2.05) is 32.3 Å². The number of carbonyl (C=O) groups excluding carboxylic acids is 2. The molecule has 30 heavy (non-hydrogen) atoms. The van der Waals surface area contributed by atoms with E-state index in [1.165, 1.54) is 7.11 Å². The molecule has 162 valence electrons. The van der Waals surface area contributed by atoms with Crippen molar-refractivity contribution >= 4 is 17.5 Å². The van der Waals surface area contributed by atoms with Gasteiger partial charge >= 0.3 is 11.8 Å². The summed E-state index contributed by atoms with van der Waals surface area (Å²) < 4.78 is 7.33. The number of hydrogen-bond acceptors (Lipinski definition) is 5. The Morgan fingerprint density at radius 3 is 2.47 bits per heavy atom. The Hall–Kier alpha value is -2.84. The Balaban J connectivity index is 1.66. The number of methoxy groups -OCH3 is 1. The quantitative estimate of drug-likeness (QED) is 0.700. The first kappa shape index (κ1) is 21.9. The van der Waals surface area contributed by atoms with E-state index in [0.717, 1.165) is 37.4 Å². The fraction of sp³-hybridized carbons (Fsp3) is 0.455. The molecule has 2 heterocycles. The molecule has 2 aromatic rings. The Morgan fingerprint density at radius 1 is 1.10 bits per heavy atom. The highest BCUT2D eigenvalue weighted by Crippen LogP contribution is 2.25. The Morgan fingerprint density at radius 2 is 1.83 bits per heavy atom. The highest BCUT2D eigenvalue weighted by atomic mass is 16.5. The number of nitrogens with one attached hydrogen (secondary N) is 2. The lowest BCUT2D eigenvalue weighted by Crippen LogP contribution is -2.49. The number of aromatic nitrogens is 1. The summed E-state index contributed by atoms with van der Waals surface area (Å²) in [7, 11) is 5.64. The molecule has 2 amide bonds. The van der Waals surface area contributed by atoms with Gasteiger partial charge in [0.1, 0.15) is 5.75 Å². The predicted octanol–water partition coefficient (Wildman–Crippen LogP) is 1.39. The van der Waals surface area contributed by atoms with E-state index in [4.69, 9.17) is 4.74 Å². The maximum absolute atomic E-state index is 12.5. The van der Waals surface area contributed by atoms with E-state index in [1.54, 1.807) is 12.1 Å². The number of hydrogen-bond donors (Lipinski definition) is 2. The van der Waals surface area contributed by atoms with Gasteiger partial charge in [-0.05, 0) is 43.8 Å². The molecule has 2 N–H and O–H groups in total. The standard InChI is InChI=1S/C22H31N5O3/c1-16-7-8-20(30-4)17(14-16)24-22(29)21(28)23-15-19(18-6-5-9-26(18)3)27-12-10-25(2)11-13-27/h5-9,14,19H,10-13,15H2,1-4H3,(H,23,28)(H,24,29). The number of aryl methyl sites for hydroxylation is 2. The number of nitrogens with zero attached hydrogens (tertiary/aromatic N) is 3. The summed E-state index contributed by atoms with van der Waals surface area (Å²) in [6.45, 7) is 6.04. The van der Waals surface area contributed by atoms with Gasteiger partial charge in [0, 0.05) is 51.7 Å². The summed E-state index contributed by atoms with van der Waals surface area (Å²) >= 11 is 0. The van der Waals surface area contributed by atoms with Crippen LogP contribution in [0.3, 0.4) is 0 Å². The van der Waals surface area contributed by atoms with Crippen LogP contribution in [0, 0.1) is 6.92 Å². The van der Waals surface area contributed by atoms with Gasteiger partial charge in [0.25, 0.3) is 0 Å². The molecule has 0 saturated carbocycles. The van der Waals surface area contributed by atoms with Crippen molar-refractivity contribution in [2.75, 3.05) is 52.2 Å². The molecular formula is C22H31N5O3. The lowest BCUT2D eigenvalue weighted by atomic mass is 10.1. The third kappa shape index (κ3) is 5.20. The van der Waals surface area contributed by atoms with Crippen molar-refractivity contribution in [3.8, 4) is 5.75 Å². The topological polar surface area (TPSA) is 78.8 Å². The number of anilines is 1. The van der Waals surface area contributed by atoms with Gasteiger partial charge in [-0.15, -0.1) is 0 Å². The van der Waals surface area contributed by atoms with Crippen molar-refractivity contribution in [1.82, 2.24) is 19.7 Å². The van der Waals surface area contributed by atoms with Crippen molar-refractivity contribution in [1.29, 1.82) is 0 Å². The molecular weight excluding hydrogens is 382 g/mol. The van der Waals surface area contributed by atoms with Gasteiger partial charge in [-0.25, -0.2) is 0 Å². The van der Waals surface area contributed by atoms with Crippen molar-refractivity contribution in [2.45, 2.75) is 13.0 Å². The molecule has 0 aliphatic carbocycles. The summed E-state index contributed by atoms with van der Waals surface area (Å²) in [6, 6.07) is 9.49. The maximum Gasteiger partial charge on any atom is 0.313 e. The first-order valence-electron chi connectivity index (χ1n) is 10.2. The third-order valence-corrected chi connectivity index (χ3v) is 5.57. The van der Waals surface area contributed by atoms with Crippen LogP contribution >= 0.6 is 0 Å². The minimum atomic E-state index is -0.706. The molecule has 0 spiro atoms. The summed E-state index contributed by atoms with van der Waals surface area (Å²) in [6.07, 6.45) is 2.00. The van der Waals surface area contributed by atoms with Crippen LogP contribution in [0.4, 0.5) is 5.69 Å². The number of piperazine rings is 1. The van der Waals surface area contributed by atoms with Crippen LogP contribution in [0.25, 0.3) is 0 Å². The fourth-order valence-corrected chi connectivity index (χ4v) is 3.74. The van der Waals surface area contributed by atoms with Crippen LogP contribution in [0.2, 0.25) is 0 Å². The van der Waals surface area contributed by atoms with Gasteiger partial charge in [0.15, 0.2) is 0 Å². The average Bonchev–Trinajstić information content (AvgIpc) is 3.15. The normalized spacial score (nSPS) is 16.1. The highest BCUT2D eigenvalue weighted by Gasteiger charge is 2.27. The molecule has 1 aromatic carbocycles. The van der Waals surface area contributed by atoms with Crippen LogP contribution < -0.4 is 15.4 Å². The van der Waals surface area contributed by atoms with E-state index in [2.05, 4.69) is 38.1 Å². The summed E-state index contributed by atoms with van der Waals surface area (Å²) in [5.41, 5.74) is 2.56. The van der Waals surface area contributed by atoms with Crippen LogP contribution in [0.1, 0.15) is 17.3 Å². The zero-order valence-electron chi connectivity index (χ0n) is 18.1. The third-order valence-electron chi connectivity index (χ3n) is 5.57. The largest absolute Gasteiger partial charge is 0.495 e. The zero-order chi connectivity index (χ0) is 21.7. The molecule has 1 aliphatic rings. The monoisotopic (exact) mass is 413 g/mol. The molecule has 0 radical (unpaired) electrons. The lowest BCUT2D eigenvalue weighted by molar-refractivity contribution is -0.136. The van der Waals surface area contributed by atoms with Crippen molar-refractivity contribution < 1.29 is 14.3 Å². The molecule has 1 fully saturated rings. The summed E-state index contributed by atoms with van der Waals surface area (Å²) in [5, 5.41) is 5.47. The van der Waals surface area contributed by atoms with E-state index in [9.17, 15) is 9.59 Å². The first-order valence-corrected chi connectivity index (χ1v) is 10.2. The second-order valence-electron chi connectivity index (χ2n) is 7.77. The first-order chi connectivity index (χ1) is 14.4. The second kappa shape index (κ2) is 9.77. The molecule has 1 unspecified atom stereocenters. The fourth-order valence-electron chi connectivity index (χ4n) is 3.74. The SMILES string of the molecule is COc1ccc(C)cc1NC(=O)C(=O)NCC(c1cccn1C)N1CCN(C)CC1. The minimum Gasteiger partial charge on any atom is -0.495 e. The highest BCUT2D eigenvalue weighted by molar-refractivity contribution is 6.39. The van der Waals surface area contributed by atoms with Gasteiger partial charge in [0.05, 0.1) is 18.8 Å². The van der Waals surface area contributed by atoms with Gasteiger partial charge < -0.3 is 24.8 Å². The lowest BCUT2D eigenvalue weighted by Gasteiger charge is -2.38. The molecule has 1 saturated heterocycles. The maximum atomic E-state index is 12.5. The molecule has 8 nitrogen and oxygen atoms in total. The number of amides is 2. The molecule has 3 rings (SSSR count). The van der Waals surface area contributed by atoms with Crippen LogP contribution in [-0.4, -0.2) is 73.1 Å². The summed E-state index contributed by atoms with van der Waals surface area (Å²) in [4.78, 5) is 29.7. The van der Waals surface area contributed by atoms with Crippen LogP contribution in [-0.2, 0) is 16.6 Å². The van der Waals surface area contributed by atoms with Gasteiger partial charge in [-0.1, -0.05) is 6.07 Å². The molecule has 1 aliphatic heterocycles. The Labute approximate surface area is 177 Å². The number of likely N-dealkylation sites (N-methyl/N-ethyl adjacent to an activating group) is 1. The van der Waals surface area contributed by atoms with E-state index >= 15 is 0 Å². The van der Waals surface area contributed by atoms with Crippen molar-refractivity contribution in [3.05, 3.63) is 47.8 Å². The Kier molecular flexibility index (Phi) is 7.12. The van der Waals surface area contributed by atoms with Gasteiger partial charge in [-0.3, -0.25) is 14.5 Å². The summed E-state index contributed by atoms with van der Waals surface area (Å²) in [5.74, 6) is -0.851. The number of carbonyl (C=O) groups is 2. The molecule has 0 bridgehead atoms. The number of ether oxygens (including phenoxy) is 1. The van der Waals surface area contributed by atoms with E-state index < -0.39 is 11.8 Å². The van der Waals surface area contributed by atoms with Gasteiger partial charge in [0.2, 0.25) is 0 Å². The molecule has 8 heteroatoms. The van der Waals surface area contributed by atoms with E-state index in [0.29, 0.717) is 18.0 Å². The number of rotatable bonds is 6. The van der Waals surface area contributed by atoms with E-state index in [-0.39, 0.29) is 6.04 Å². The smallest absolute Gasteiger partial charge is 0.313 e. The Bertz CT molecular complexity index is 887. The minimum absolute atomic E-state index is 0.00366. The predicted molar refractivity (Wildman–Crippen MR) is 117 cm³/mol.